The zero-order chi connectivity index (χ0) is 77.9. The Bertz CT molecular complexity index is 4240. The molecule has 14 aliphatic heterocycles. The van der Waals surface area contributed by atoms with Crippen molar-refractivity contribution in [2.45, 2.75) is 106 Å². The van der Waals surface area contributed by atoms with E-state index in [4.69, 9.17) is 41.7 Å². The molecule has 0 spiro atoms. The van der Waals surface area contributed by atoms with Gasteiger partial charge in [-0.25, -0.2) is 0 Å². The first-order chi connectivity index (χ1) is 53.6. The van der Waals surface area contributed by atoms with Crippen molar-refractivity contribution in [1.29, 1.82) is 0 Å². The smallest absolute Gasteiger partial charge is 0.253 e. The van der Waals surface area contributed by atoms with E-state index in [1.54, 1.807) is 55.2 Å². The summed E-state index contributed by atoms with van der Waals surface area (Å²) in [4.78, 5) is 205. The van der Waals surface area contributed by atoms with Gasteiger partial charge in [0, 0.05) is 113 Å². The molecule has 6 bridgehead atoms. The van der Waals surface area contributed by atoms with Gasteiger partial charge in [0.2, 0.25) is 35.4 Å². The molecule has 3 aromatic heterocycles. The van der Waals surface area contributed by atoms with Crippen LogP contribution in [0.3, 0.4) is 0 Å². The third-order valence-electron chi connectivity index (χ3n) is 21.8. The van der Waals surface area contributed by atoms with Gasteiger partial charge in [-0.05, 0) is 87.8 Å². The monoisotopic (exact) mass is 1530 g/mol. The summed E-state index contributed by atoms with van der Waals surface area (Å²) in [6.45, 7) is 3.08. The molecule has 12 unspecified atom stereocenters. The van der Waals surface area contributed by atoms with E-state index < -0.39 is 70.6 Å². The highest BCUT2D eigenvalue weighted by atomic mass is 16.6. The van der Waals surface area contributed by atoms with Crippen LogP contribution in [0.5, 0.6) is 0 Å². The Balaban J connectivity index is 0.000000140. The van der Waals surface area contributed by atoms with Gasteiger partial charge in [-0.15, -0.1) is 0 Å². The molecule has 33 nitrogen and oxygen atoms in total. The van der Waals surface area contributed by atoms with E-state index in [2.05, 4.69) is 0 Å². The van der Waals surface area contributed by atoms with Crippen molar-refractivity contribution < 1.29 is 118 Å². The molecule has 0 N–H and O–H groups in total. The predicted molar refractivity (Wildman–Crippen MR) is 373 cm³/mol. The Morgan fingerprint density at radius 3 is 0.739 bits per heavy atom. The minimum Gasteiger partial charge on any atom is -0.467 e. The first kappa shape index (κ1) is 76.4. The van der Waals surface area contributed by atoms with Crippen molar-refractivity contribution >= 4 is 94.5 Å². The fraction of sp³-hybridized carbons (Fsp3) is 0.436. The number of nitrogens with zero attached hydrogens (tertiary/aromatic N) is 8. The summed E-state index contributed by atoms with van der Waals surface area (Å²) < 4.78 is 51.1. The molecular weight excluding hydrogens is 1450 g/mol. The van der Waals surface area contributed by atoms with Crippen LogP contribution >= 0.6 is 0 Å². The number of imide groups is 8. The molecule has 580 valence electrons. The van der Waals surface area contributed by atoms with Gasteiger partial charge in [-0.1, -0.05) is 36.5 Å². The Kier molecular flexibility index (Phi) is 22.2. The maximum atomic E-state index is 13.6. The van der Waals surface area contributed by atoms with Crippen LogP contribution in [-0.4, -0.2) is 241 Å². The van der Waals surface area contributed by atoms with Gasteiger partial charge in [0.25, 0.3) is 59.1 Å². The summed E-state index contributed by atoms with van der Waals surface area (Å²) in [5.41, 5.74) is -3.30. The van der Waals surface area contributed by atoms with Crippen LogP contribution in [0.15, 0.2) is 166 Å². The van der Waals surface area contributed by atoms with Crippen molar-refractivity contribution in [2.24, 2.45) is 35.5 Å². The SMILES string of the molecule is O=C1C=CC(=O)N1CCCCN1C(=O)C2C3C=CC(COCC45C=CC(O4)C4C(=O)N(CCCCN6C(=O)C=CC6=O)C(=O)C45)(O3)C2C1=O.O=C1C=CC(=O)N1CCCCN1C(=O)C2C3C=CC(COCc4ccco4)(O3)C2C1=O.O=C1C=CC(=O)N1CCCCN1C(=O)C=CC1=O.c1coc(COCc2ccco2)c1. The van der Waals surface area contributed by atoms with Crippen LogP contribution in [-0.2, 0) is 125 Å². The first-order valence-electron chi connectivity index (χ1n) is 36.7. The number of likely N-dealkylation sites (tertiary alicyclic amines) is 3. The number of ether oxygens (including phenoxy) is 6. The Morgan fingerprint density at radius 1 is 0.279 bits per heavy atom. The van der Waals surface area contributed by atoms with Gasteiger partial charge in [-0.3, -0.25) is 116 Å². The van der Waals surface area contributed by atoms with Crippen molar-refractivity contribution in [3.05, 3.63) is 170 Å². The zero-order valence-electron chi connectivity index (χ0n) is 60.0. The second-order valence-electron chi connectivity index (χ2n) is 28.5. The zero-order valence-corrected chi connectivity index (χ0v) is 60.0. The van der Waals surface area contributed by atoms with Crippen LogP contribution in [0.2, 0.25) is 0 Å². The lowest BCUT2D eigenvalue weighted by Crippen LogP contribution is -2.47. The second kappa shape index (κ2) is 32.3. The van der Waals surface area contributed by atoms with Crippen molar-refractivity contribution in [1.82, 2.24) is 39.2 Å². The van der Waals surface area contributed by atoms with E-state index in [1.165, 1.54) is 75.5 Å². The van der Waals surface area contributed by atoms with E-state index in [-0.39, 0.29) is 160 Å². The number of fused-ring (bicyclic) bond motifs is 15. The Morgan fingerprint density at radius 2 is 0.505 bits per heavy atom. The van der Waals surface area contributed by atoms with Crippen LogP contribution in [0.1, 0.15) is 68.6 Å². The highest BCUT2D eigenvalue weighted by molar-refractivity contribution is 6.16. The van der Waals surface area contributed by atoms with E-state index >= 15 is 0 Å². The normalized spacial score (nSPS) is 29.0. The lowest BCUT2D eigenvalue weighted by atomic mass is 9.76. The topological polar surface area (TPSA) is 394 Å². The molecule has 12 atom stereocenters. The van der Waals surface area contributed by atoms with E-state index in [0.717, 1.165) is 36.0 Å². The number of unbranched alkanes of at least 4 members (excludes halogenated alkanes) is 4. The Hall–Kier alpha value is -11.4. The lowest BCUT2D eigenvalue weighted by molar-refractivity contribution is -0.151. The van der Waals surface area contributed by atoms with Crippen molar-refractivity contribution in [2.75, 3.05) is 72.2 Å². The summed E-state index contributed by atoms with van der Waals surface area (Å²) >= 11 is 0. The van der Waals surface area contributed by atoms with Crippen LogP contribution < -0.4 is 0 Å². The van der Waals surface area contributed by atoms with Crippen molar-refractivity contribution in [3.63, 3.8) is 0 Å². The number of rotatable bonds is 32. The first-order valence-corrected chi connectivity index (χ1v) is 36.7. The van der Waals surface area contributed by atoms with E-state index in [9.17, 15) is 76.7 Å². The molecule has 3 aromatic rings. The molecule has 17 heterocycles. The van der Waals surface area contributed by atoms with Gasteiger partial charge < -0.3 is 41.7 Å². The van der Waals surface area contributed by atoms with E-state index in [1.807, 2.05) is 36.4 Å². The van der Waals surface area contributed by atoms with Crippen molar-refractivity contribution in [3.8, 4) is 0 Å². The number of hydrogen-bond donors (Lipinski definition) is 0. The highest BCUT2D eigenvalue weighted by Gasteiger charge is 2.71. The highest BCUT2D eigenvalue weighted by Crippen LogP contribution is 2.55. The molecule has 16 amide bonds. The second-order valence-corrected chi connectivity index (χ2v) is 28.5. The summed E-state index contributed by atoms with van der Waals surface area (Å²) in [5, 5.41) is 0. The maximum Gasteiger partial charge on any atom is 0.253 e. The number of amides is 16. The van der Waals surface area contributed by atoms with Crippen LogP contribution in [0.4, 0.5) is 0 Å². The summed E-state index contributed by atoms with van der Waals surface area (Å²) in [5.74, 6) is -7.01. The van der Waals surface area contributed by atoms with Gasteiger partial charge in [0.05, 0.1) is 92.4 Å². The average Bonchev–Trinajstić information content (AvgIpc) is 1.56. The number of hydrogen-bond acceptors (Lipinski definition) is 25. The molecule has 0 aliphatic carbocycles. The quantitative estimate of drug-likeness (QED) is 0.0490. The molecule has 111 heavy (non-hydrogen) atoms. The van der Waals surface area contributed by atoms with Crippen LogP contribution in [0, 0.1) is 35.5 Å². The molecule has 6 fully saturated rings. The predicted octanol–water partition coefficient (Wildman–Crippen LogP) is 2.05. The minimum atomic E-state index is -1.18. The molecule has 17 rings (SSSR count). The van der Waals surface area contributed by atoms with Gasteiger partial charge in [0.15, 0.2) is 0 Å². The third kappa shape index (κ3) is 15.1. The summed E-state index contributed by atoms with van der Waals surface area (Å²) in [7, 11) is 0. The minimum absolute atomic E-state index is 0.0735. The fourth-order valence-electron chi connectivity index (χ4n) is 16.4. The van der Waals surface area contributed by atoms with Gasteiger partial charge >= 0.3 is 0 Å². The molecule has 14 aliphatic rings. The molecule has 0 aromatic carbocycles. The number of furan rings is 3. The number of carbonyl (C=O) groups is 16. The van der Waals surface area contributed by atoms with Gasteiger partial charge in [0.1, 0.15) is 53.9 Å². The fourth-order valence-corrected chi connectivity index (χ4v) is 16.4. The van der Waals surface area contributed by atoms with E-state index in [0.29, 0.717) is 83.4 Å². The summed E-state index contributed by atoms with van der Waals surface area (Å²) in [6, 6.07) is 11.0. The summed E-state index contributed by atoms with van der Waals surface area (Å²) in [6.07, 6.45) is 30.1. The molecular formula is C78H78N8O25. The number of carbonyl (C=O) groups excluding carboxylic acids is 16. The standard InChI is InChI=1S/C34H34N4O11.C22H22N2O7.C12H12N2O4.C10H10O3/c39-21-5-6-22(40)35(21)13-1-3-15-37-29(43)25-19-9-11-33(48-19,27(25)31(37)45)17-47-18-34-12-10-20(49-34)26-28(34)32(46)38(30(26)44)16-4-2-14-36-23(41)7-8-24(36)42;25-16-5-6-17(26)23(16)9-1-2-10-24-20(27)18-15-7-8-22(31-15,19(18)21(24)28)13-29-12-14-4-3-11-30-14;15-9-3-4-10(16)13(9)7-1-2-8-14-11(17)5-6-12(14)18;1-3-9(12-5-1)7-11-8-10-4-2-6-13-10/h5-12,19-20,25-28H,1-4,13-18H2;3-8,11,15,18-19H,1-2,9-10,12-13H2;3-6H,1-2,7-8H2;1-6H,7-8H2. The van der Waals surface area contributed by atoms with Gasteiger partial charge in [-0.2, -0.15) is 0 Å². The third-order valence-corrected chi connectivity index (χ3v) is 21.8. The molecule has 0 radical (unpaired) electrons. The molecule has 6 saturated heterocycles. The molecule has 0 saturated carbocycles. The van der Waals surface area contributed by atoms with Crippen LogP contribution in [0.25, 0.3) is 0 Å². The lowest BCUT2D eigenvalue weighted by Gasteiger charge is -2.32. The largest absolute Gasteiger partial charge is 0.467 e. The average molecular weight is 1530 g/mol. The molecule has 33 heteroatoms. The maximum absolute atomic E-state index is 13.6. The Labute approximate surface area is 633 Å².